The van der Waals surface area contributed by atoms with Gasteiger partial charge in [0.2, 0.25) is 0 Å². The Labute approximate surface area is 165 Å². The van der Waals surface area contributed by atoms with Gasteiger partial charge in [0.05, 0.1) is 12.2 Å². The van der Waals surface area contributed by atoms with Crippen molar-refractivity contribution < 1.29 is 0 Å². The van der Waals surface area contributed by atoms with E-state index in [-0.39, 0.29) is 24.0 Å². The Hall–Kier alpha value is -0.0200. The fourth-order valence-electron chi connectivity index (χ4n) is 2.76. The SMILES string of the molecule is CCNC(=NCc1nc(C)c(C)s1)NC1CCCC(SC)C1.I. The maximum atomic E-state index is 4.72. The third-order valence-corrected chi connectivity index (χ3v) is 6.24. The van der Waals surface area contributed by atoms with E-state index in [0.717, 1.165) is 28.5 Å². The van der Waals surface area contributed by atoms with Crippen molar-refractivity contribution in [3.05, 3.63) is 15.6 Å². The van der Waals surface area contributed by atoms with Gasteiger partial charge in [-0.1, -0.05) is 6.42 Å². The van der Waals surface area contributed by atoms with Crippen LogP contribution in [0.25, 0.3) is 0 Å². The molecule has 2 N–H and O–H groups in total. The van der Waals surface area contributed by atoms with Gasteiger partial charge < -0.3 is 10.6 Å². The standard InChI is InChI=1S/C16H28N4S2.HI/c1-5-17-16(18-10-15-19-11(2)12(3)22-15)20-13-7-6-8-14(9-13)21-4;/h13-14H,5-10H2,1-4H3,(H2,17,18,20);1H. The number of aromatic nitrogens is 1. The topological polar surface area (TPSA) is 49.3 Å². The van der Waals surface area contributed by atoms with Crippen molar-refractivity contribution in [3.8, 4) is 0 Å². The number of nitrogens with one attached hydrogen (secondary N) is 2. The van der Waals surface area contributed by atoms with Gasteiger partial charge in [-0.05, 0) is 46.3 Å². The van der Waals surface area contributed by atoms with E-state index in [1.54, 1.807) is 11.3 Å². The first-order chi connectivity index (χ1) is 10.6. The van der Waals surface area contributed by atoms with Crippen molar-refractivity contribution in [1.82, 2.24) is 15.6 Å². The van der Waals surface area contributed by atoms with Crippen LogP contribution in [-0.4, -0.2) is 35.0 Å². The molecule has 2 atom stereocenters. The summed E-state index contributed by atoms with van der Waals surface area (Å²) in [6.07, 6.45) is 7.37. The van der Waals surface area contributed by atoms with Crippen molar-refractivity contribution in [2.24, 2.45) is 4.99 Å². The van der Waals surface area contributed by atoms with Crippen molar-refractivity contribution in [2.75, 3.05) is 12.8 Å². The fourth-order valence-corrected chi connectivity index (χ4v) is 4.44. The van der Waals surface area contributed by atoms with Gasteiger partial charge in [-0.15, -0.1) is 35.3 Å². The van der Waals surface area contributed by atoms with Crippen LogP contribution >= 0.6 is 47.1 Å². The first kappa shape index (κ1) is 21.0. The van der Waals surface area contributed by atoms with E-state index in [1.165, 1.54) is 30.6 Å². The van der Waals surface area contributed by atoms with E-state index in [2.05, 4.69) is 42.6 Å². The summed E-state index contributed by atoms with van der Waals surface area (Å²) >= 11 is 3.74. The highest BCUT2D eigenvalue weighted by Gasteiger charge is 2.21. The largest absolute Gasteiger partial charge is 0.357 e. The van der Waals surface area contributed by atoms with Gasteiger partial charge >= 0.3 is 0 Å². The molecule has 0 saturated heterocycles. The van der Waals surface area contributed by atoms with Gasteiger partial charge in [-0.25, -0.2) is 9.98 Å². The number of hydrogen-bond donors (Lipinski definition) is 2. The normalized spacial score (nSPS) is 21.7. The predicted molar refractivity (Wildman–Crippen MR) is 115 cm³/mol. The highest BCUT2D eigenvalue weighted by atomic mass is 127. The van der Waals surface area contributed by atoms with Crippen LogP contribution in [0, 0.1) is 13.8 Å². The minimum atomic E-state index is 0. The smallest absolute Gasteiger partial charge is 0.191 e. The van der Waals surface area contributed by atoms with E-state index in [4.69, 9.17) is 4.99 Å². The third-order valence-electron chi connectivity index (χ3n) is 4.09. The maximum Gasteiger partial charge on any atom is 0.191 e. The molecule has 1 aromatic rings. The molecular formula is C16H29IN4S2. The molecule has 1 aliphatic rings. The van der Waals surface area contributed by atoms with Gasteiger partial charge in [-0.2, -0.15) is 11.8 Å². The van der Waals surface area contributed by atoms with Crippen LogP contribution in [0.2, 0.25) is 0 Å². The molecule has 1 fully saturated rings. The fraction of sp³-hybridized carbons (Fsp3) is 0.750. The second kappa shape index (κ2) is 10.8. The monoisotopic (exact) mass is 468 g/mol. The molecular weight excluding hydrogens is 439 g/mol. The number of aryl methyl sites for hydroxylation is 2. The number of hydrogen-bond acceptors (Lipinski definition) is 4. The lowest BCUT2D eigenvalue weighted by molar-refractivity contribution is 0.419. The Morgan fingerprint density at radius 3 is 2.78 bits per heavy atom. The Morgan fingerprint density at radius 1 is 1.39 bits per heavy atom. The van der Waals surface area contributed by atoms with Crippen LogP contribution in [0.1, 0.15) is 48.2 Å². The molecule has 0 aliphatic heterocycles. The van der Waals surface area contributed by atoms with Crippen LogP contribution in [0.5, 0.6) is 0 Å². The van der Waals surface area contributed by atoms with Crippen molar-refractivity contribution >= 4 is 53.0 Å². The van der Waals surface area contributed by atoms with Gasteiger partial charge in [0.25, 0.3) is 0 Å². The van der Waals surface area contributed by atoms with Crippen molar-refractivity contribution in [1.29, 1.82) is 0 Å². The van der Waals surface area contributed by atoms with E-state index < -0.39 is 0 Å². The van der Waals surface area contributed by atoms with Crippen molar-refractivity contribution in [2.45, 2.75) is 64.3 Å². The molecule has 1 aromatic heterocycles. The zero-order chi connectivity index (χ0) is 15.9. The number of thioether (sulfide) groups is 1. The summed E-state index contributed by atoms with van der Waals surface area (Å²) in [5.74, 6) is 0.930. The van der Waals surface area contributed by atoms with E-state index in [1.807, 2.05) is 11.8 Å². The lowest BCUT2D eigenvalue weighted by Gasteiger charge is -2.29. The number of rotatable bonds is 5. The molecule has 1 saturated carbocycles. The molecule has 2 rings (SSSR count). The second-order valence-electron chi connectivity index (χ2n) is 5.81. The van der Waals surface area contributed by atoms with Gasteiger partial charge in [0.1, 0.15) is 5.01 Å². The number of halogens is 1. The maximum absolute atomic E-state index is 4.72. The molecule has 0 bridgehead atoms. The third kappa shape index (κ3) is 6.78. The number of nitrogens with zero attached hydrogens (tertiary/aromatic N) is 2. The second-order valence-corrected chi connectivity index (χ2v) is 8.24. The van der Waals surface area contributed by atoms with Crippen molar-refractivity contribution in [3.63, 3.8) is 0 Å². The van der Waals surface area contributed by atoms with E-state index in [9.17, 15) is 0 Å². The number of thiazole rings is 1. The molecule has 4 nitrogen and oxygen atoms in total. The zero-order valence-corrected chi connectivity index (χ0v) is 18.5. The van der Waals surface area contributed by atoms with E-state index in [0.29, 0.717) is 12.6 Å². The van der Waals surface area contributed by atoms with Gasteiger partial charge in [0, 0.05) is 22.7 Å². The average Bonchev–Trinajstić information content (AvgIpc) is 2.84. The average molecular weight is 468 g/mol. The van der Waals surface area contributed by atoms with Gasteiger partial charge in [0.15, 0.2) is 5.96 Å². The first-order valence-corrected chi connectivity index (χ1v) is 10.2. The summed E-state index contributed by atoms with van der Waals surface area (Å²) in [4.78, 5) is 10.6. The predicted octanol–water partition coefficient (Wildman–Crippen LogP) is 4.11. The highest BCUT2D eigenvalue weighted by Crippen LogP contribution is 2.26. The summed E-state index contributed by atoms with van der Waals surface area (Å²) in [5.41, 5.74) is 1.13. The van der Waals surface area contributed by atoms with Crippen LogP contribution in [-0.2, 0) is 6.54 Å². The molecule has 7 heteroatoms. The zero-order valence-electron chi connectivity index (χ0n) is 14.5. The van der Waals surface area contributed by atoms with Crippen LogP contribution in [0.3, 0.4) is 0 Å². The summed E-state index contributed by atoms with van der Waals surface area (Å²) < 4.78 is 0. The molecule has 2 unspecified atom stereocenters. The Morgan fingerprint density at radius 2 is 2.17 bits per heavy atom. The molecule has 1 heterocycles. The Balaban J connectivity index is 0.00000264. The Kier molecular flexibility index (Phi) is 9.84. The molecule has 0 radical (unpaired) electrons. The van der Waals surface area contributed by atoms with Crippen LogP contribution < -0.4 is 10.6 Å². The summed E-state index contributed by atoms with van der Waals surface area (Å²) in [6.45, 7) is 7.84. The molecule has 0 spiro atoms. The van der Waals surface area contributed by atoms with E-state index >= 15 is 0 Å². The highest BCUT2D eigenvalue weighted by molar-refractivity contribution is 14.0. The molecule has 0 aromatic carbocycles. The lowest BCUT2D eigenvalue weighted by atomic mass is 9.95. The number of guanidine groups is 1. The summed E-state index contributed by atoms with van der Waals surface area (Å²) in [6, 6.07) is 0.545. The lowest BCUT2D eigenvalue weighted by Crippen LogP contribution is -2.45. The van der Waals surface area contributed by atoms with Crippen LogP contribution in [0.15, 0.2) is 4.99 Å². The van der Waals surface area contributed by atoms with Crippen LogP contribution in [0.4, 0.5) is 0 Å². The van der Waals surface area contributed by atoms with Gasteiger partial charge in [-0.3, -0.25) is 0 Å². The first-order valence-electron chi connectivity index (χ1n) is 8.13. The summed E-state index contributed by atoms with van der Waals surface area (Å²) in [5, 5.41) is 8.86. The summed E-state index contributed by atoms with van der Waals surface area (Å²) in [7, 11) is 0. The Bertz CT molecular complexity index is 485. The minimum absolute atomic E-state index is 0. The molecule has 132 valence electrons. The minimum Gasteiger partial charge on any atom is -0.357 e. The quantitative estimate of drug-likeness (QED) is 0.388. The molecule has 23 heavy (non-hydrogen) atoms. The molecule has 1 aliphatic carbocycles. The number of aliphatic imine (C=N–C) groups is 1. The molecule has 0 amide bonds.